The molecule has 0 heterocycles. The highest BCUT2D eigenvalue weighted by Gasteiger charge is 1.97. The molecule has 0 aliphatic heterocycles. The summed E-state index contributed by atoms with van der Waals surface area (Å²) in [5.41, 5.74) is 1.02. The highest BCUT2D eigenvalue weighted by atomic mass is 16.5. The number of ether oxygens (including phenoxy) is 1. The van der Waals surface area contributed by atoms with Crippen molar-refractivity contribution in [3.8, 4) is 18.1 Å². The van der Waals surface area contributed by atoms with Crippen molar-refractivity contribution < 1.29 is 4.74 Å². The molecule has 0 spiro atoms. The molecule has 1 unspecified atom stereocenters. The van der Waals surface area contributed by atoms with Gasteiger partial charge in [0.05, 0.1) is 12.6 Å². The van der Waals surface area contributed by atoms with Crippen molar-refractivity contribution in [3.63, 3.8) is 0 Å². The van der Waals surface area contributed by atoms with Gasteiger partial charge in [-0.3, -0.25) is 0 Å². The van der Waals surface area contributed by atoms with Crippen molar-refractivity contribution in [2.45, 2.75) is 26.3 Å². The lowest BCUT2D eigenvalue weighted by Gasteiger charge is -2.10. The lowest BCUT2D eigenvalue weighted by Crippen LogP contribution is -2.11. The zero-order valence-corrected chi connectivity index (χ0v) is 9.29. The molecule has 15 heavy (non-hydrogen) atoms. The van der Waals surface area contributed by atoms with Crippen LogP contribution >= 0.6 is 0 Å². The fourth-order valence-electron chi connectivity index (χ4n) is 1.16. The van der Waals surface area contributed by atoms with E-state index in [0.29, 0.717) is 0 Å². The van der Waals surface area contributed by atoms with Crippen LogP contribution in [0.1, 0.15) is 20.3 Å². The predicted octanol–water partition coefficient (Wildman–Crippen LogP) is 2.91. The maximum Gasteiger partial charge on any atom is 0.119 e. The first kappa shape index (κ1) is 11.5. The summed E-state index contributed by atoms with van der Waals surface area (Å²) in [6.07, 6.45) is 6.30. The van der Waals surface area contributed by atoms with Crippen molar-refractivity contribution >= 4 is 5.69 Å². The molecule has 1 N–H and O–H groups in total. The molecule has 0 saturated carbocycles. The van der Waals surface area contributed by atoms with Gasteiger partial charge in [-0.05, 0) is 37.6 Å². The summed E-state index contributed by atoms with van der Waals surface area (Å²) in [5, 5.41) is 3.18. The van der Waals surface area contributed by atoms with Gasteiger partial charge in [0.25, 0.3) is 0 Å². The summed E-state index contributed by atoms with van der Waals surface area (Å²) in [6, 6.07) is 7.88. The Bertz CT molecular complexity index is 323. The van der Waals surface area contributed by atoms with E-state index in [4.69, 9.17) is 11.2 Å². The minimum atomic E-state index is 0.0485. The number of anilines is 1. The van der Waals surface area contributed by atoms with Gasteiger partial charge in [0.1, 0.15) is 5.75 Å². The number of hydrogen-bond acceptors (Lipinski definition) is 2. The van der Waals surface area contributed by atoms with Crippen LogP contribution < -0.4 is 10.1 Å². The maximum absolute atomic E-state index is 5.47. The van der Waals surface area contributed by atoms with Crippen LogP contribution in [0.25, 0.3) is 0 Å². The van der Waals surface area contributed by atoms with Gasteiger partial charge in [0, 0.05) is 5.69 Å². The maximum atomic E-state index is 5.47. The number of rotatable bonds is 5. The molecular formula is C13H17NO. The second-order valence-electron chi connectivity index (χ2n) is 3.41. The molecule has 0 aliphatic rings. The van der Waals surface area contributed by atoms with E-state index in [1.807, 2.05) is 31.2 Å². The fourth-order valence-corrected chi connectivity index (χ4v) is 1.16. The first-order valence-electron chi connectivity index (χ1n) is 5.21. The third-order valence-electron chi connectivity index (χ3n) is 1.96. The highest BCUT2D eigenvalue weighted by Crippen LogP contribution is 2.16. The smallest absolute Gasteiger partial charge is 0.119 e. The van der Waals surface area contributed by atoms with Crippen LogP contribution in [-0.2, 0) is 0 Å². The molecule has 1 rings (SSSR count). The zero-order chi connectivity index (χ0) is 11.1. The highest BCUT2D eigenvalue weighted by molar-refractivity contribution is 5.48. The van der Waals surface area contributed by atoms with Gasteiger partial charge < -0.3 is 10.1 Å². The SMILES string of the molecule is C#CC(C)Nc1ccc(OCCC)cc1. The number of hydrogen-bond donors (Lipinski definition) is 1. The standard InChI is InChI=1S/C13H17NO/c1-4-10-15-13-8-6-12(7-9-13)14-11(3)5-2/h2,6-9,11,14H,4,10H2,1,3H3. The number of benzene rings is 1. The van der Waals surface area contributed by atoms with Crippen LogP contribution in [0.3, 0.4) is 0 Å². The minimum absolute atomic E-state index is 0.0485. The van der Waals surface area contributed by atoms with Gasteiger partial charge in [-0.25, -0.2) is 0 Å². The average molecular weight is 203 g/mol. The van der Waals surface area contributed by atoms with E-state index in [9.17, 15) is 0 Å². The summed E-state index contributed by atoms with van der Waals surface area (Å²) in [6.45, 7) is 4.79. The van der Waals surface area contributed by atoms with Gasteiger partial charge in [0.2, 0.25) is 0 Å². The second kappa shape index (κ2) is 5.98. The van der Waals surface area contributed by atoms with E-state index >= 15 is 0 Å². The zero-order valence-electron chi connectivity index (χ0n) is 9.29. The van der Waals surface area contributed by atoms with Crippen LogP contribution in [0.4, 0.5) is 5.69 Å². The van der Waals surface area contributed by atoms with Crippen LogP contribution in [0.15, 0.2) is 24.3 Å². The van der Waals surface area contributed by atoms with Crippen LogP contribution in [0.2, 0.25) is 0 Å². The van der Waals surface area contributed by atoms with E-state index in [-0.39, 0.29) is 6.04 Å². The molecular weight excluding hydrogens is 186 g/mol. The summed E-state index contributed by atoms with van der Waals surface area (Å²) < 4.78 is 5.47. The summed E-state index contributed by atoms with van der Waals surface area (Å²) in [4.78, 5) is 0. The van der Waals surface area contributed by atoms with E-state index in [1.54, 1.807) is 0 Å². The van der Waals surface area contributed by atoms with Gasteiger partial charge in [-0.15, -0.1) is 6.42 Å². The lowest BCUT2D eigenvalue weighted by molar-refractivity contribution is 0.317. The normalized spacial score (nSPS) is 11.5. The molecule has 0 saturated heterocycles. The Balaban J connectivity index is 2.53. The molecule has 1 aromatic carbocycles. The summed E-state index contributed by atoms with van der Waals surface area (Å²) >= 11 is 0. The fraction of sp³-hybridized carbons (Fsp3) is 0.385. The molecule has 0 bridgehead atoms. The molecule has 2 nitrogen and oxygen atoms in total. The summed E-state index contributed by atoms with van der Waals surface area (Å²) in [5.74, 6) is 3.52. The molecule has 0 amide bonds. The van der Waals surface area contributed by atoms with Crippen molar-refractivity contribution in [3.05, 3.63) is 24.3 Å². The second-order valence-corrected chi connectivity index (χ2v) is 3.41. The third kappa shape index (κ3) is 3.95. The molecule has 0 radical (unpaired) electrons. The largest absolute Gasteiger partial charge is 0.494 e. The first-order valence-corrected chi connectivity index (χ1v) is 5.21. The van der Waals surface area contributed by atoms with E-state index in [0.717, 1.165) is 24.5 Å². The van der Waals surface area contributed by atoms with Gasteiger partial charge in [-0.2, -0.15) is 0 Å². The van der Waals surface area contributed by atoms with Crippen molar-refractivity contribution in [1.82, 2.24) is 0 Å². The molecule has 80 valence electrons. The predicted molar refractivity (Wildman–Crippen MR) is 64.1 cm³/mol. The van der Waals surface area contributed by atoms with Crippen LogP contribution in [-0.4, -0.2) is 12.6 Å². The quantitative estimate of drug-likeness (QED) is 0.743. The van der Waals surface area contributed by atoms with Crippen LogP contribution in [0.5, 0.6) is 5.75 Å². The van der Waals surface area contributed by atoms with Crippen molar-refractivity contribution in [2.24, 2.45) is 0 Å². The van der Waals surface area contributed by atoms with Gasteiger partial charge in [-0.1, -0.05) is 12.8 Å². The first-order chi connectivity index (χ1) is 7.26. The summed E-state index contributed by atoms with van der Waals surface area (Å²) in [7, 11) is 0. The van der Waals surface area contributed by atoms with E-state index in [1.165, 1.54) is 0 Å². The van der Waals surface area contributed by atoms with Gasteiger partial charge >= 0.3 is 0 Å². The molecule has 0 aliphatic carbocycles. The Morgan fingerprint density at radius 1 is 1.40 bits per heavy atom. The molecule has 1 aromatic rings. The monoisotopic (exact) mass is 203 g/mol. The third-order valence-corrected chi connectivity index (χ3v) is 1.96. The van der Waals surface area contributed by atoms with Crippen molar-refractivity contribution in [2.75, 3.05) is 11.9 Å². The lowest BCUT2D eigenvalue weighted by atomic mass is 10.2. The average Bonchev–Trinajstić information content (AvgIpc) is 2.28. The number of nitrogens with one attached hydrogen (secondary N) is 1. The number of terminal acetylenes is 1. The Morgan fingerprint density at radius 3 is 2.60 bits per heavy atom. The van der Waals surface area contributed by atoms with Crippen LogP contribution in [0, 0.1) is 12.3 Å². The molecule has 0 aromatic heterocycles. The Morgan fingerprint density at radius 2 is 2.07 bits per heavy atom. The van der Waals surface area contributed by atoms with E-state index < -0.39 is 0 Å². The Kier molecular flexibility index (Phi) is 4.56. The minimum Gasteiger partial charge on any atom is -0.494 e. The molecule has 2 heteroatoms. The molecule has 0 fully saturated rings. The van der Waals surface area contributed by atoms with Gasteiger partial charge in [0.15, 0.2) is 0 Å². The topological polar surface area (TPSA) is 21.3 Å². The van der Waals surface area contributed by atoms with E-state index in [2.05, 4.69) is 18.2 Å². The Labute approximate surface area is 91.6 Å². The molecule has 1 atom stereocenters. The van der Waals surface area contributed by atoms with Crippen molar-refractivity contribution in [1.29, 1.82) is 0 Å². The Hall–Kier alpha value is -1.62.